The summed E-state index contributed by atoms with van der Waals surface area (Å²) in [5.41, 5.74) is 3.17. The first kappa shape index (κ1) is 13.4. The summed E-state index contributed by atoms with van der Waals surface area (Å²) in [7, 11) is 0. The number of piperidine rings is 1. The van der Waals surface area contributed by atoms with E-state index in [-0.39, 0.29) is 0 Å². The lowest BCUT2D eigenvalue weighted by molar-refractivity contribution is 0.269. The number of fused-ring (bicyclic) bond motifs is 1. The van der Waals surface area contributed by atoms with Gasteiger partial charge < -0.3 is 14.5 Å². The highest BCUT2D eigenvalue weighted by Crippen LogP contribution is 2.22. The van der Waals surface area contributed by atoms with Gasteiger partial charge in [-0.2, -0.15) is 0 Å². The predicted molar refractivity (Wildman–Crippen MR) is 80.4 cm³/mol. The Hall–Kier alpha value is -1.55. The summed E-state index contributed by atoms with van der Waals surface area (Å²) < 4.78 is 8.07. The van der Waals surface area contributed by atoms with Crippen molar-refractivity contribution in [2.45, 2.75) is 45.6 Å². The highest BCUT2D eigenvalue weighted by molar-refractivity contribution is 5.55. The van der Waals surface area contributed by atoms with Gasteiger partial charge >= 0.3 is 0 Å². The Morgan fingerprint density at radius 1 is 1.40 bits per heavy atom. The molecule has 1 N–H and O–H groups in total. The summed E-state index contributed by atoms with van der Waals surface area (Å²) in [6.45, 7) is 6.03. The quantitative estimate of drug-likeness (QED) is 0.931. The van der Waals surface area contributed by atoms with E-state index in [1.165, 1.54) is 25.0 Å². The summed E-state index contributed by atoms with van der Waals surface area (Å²) in [5, 5.41) is 3.55. The molecule has 0 amide bonds. The van der Waals surface area contributed by atoms with Crippen LogP contribution in [-0.4, -0.2) is 28.6 Å². The fraction of sp³-hybridized carbons (Fsp3) is 0.562. The molecule has 1 aliphatic heterocycles. The van der Waals surface area contributed by atoms with Crippen molar-refractivity contribution in [1.29, 1.82) is 0 Å². The van der Waals surface area contributed by atoms with E-state index < -0.39 is 0 Å². The molecule has 1 aliphatic rings. The molecule has 2 aromatic rings. The molecule has 4 nitrogen and oxygen atoms in total. The Kier molecular flexibility index (Phi) is 3.92. The van der Waals surface area contributed by atoms with Crippen LogP contribution in [0.1, 0.15) is 37.1 Å². The van der Waals surface area contributed by atoms with E-state index in [1.54, 1.807) is 0 Å². The second-order valence-electron chi connectivity index (χ2n) is 5.63. The van der Waals surface area contributed by atoms with E-state index in [4.69, 9.17) is 4.74 Å². The molecule has 3 heterocycles. The number of pyridine rings is 1. The van der Waals surface area contributed by atoms with E-state index in [9.17, 15) is 0 Å². The first-order chi connectivity index (χ1) is 9.75. The van der Waals surface area contributed by atoms with E-state index in [2.05, 4.69) is 21.6 Å². The van der Waals surface area contributed by atoms with Gasteiger partial charge in [0.1, 0.15) is 0 Å². The number of ether oxygens (including phenoxy) is 1. The minimum Gasteiger partial charge on any atom is -0.490 e. The van der Waals surface area contributed by atoms with Crippen LogP contribution in [0.2, 0.25) is 0 Å². The fourth-order valence-electron chi connectivity index (χ4n) is 2.87. The van der Waals surface area contributed by atoms with Gasteiger partial charge in [-0.25, -0.2) is 4.98 Å². The molecule has 0 aromatic carbocycles. The van der Waals surface area contributed by atoms with Crippen LogP contribution in [0, 0.1) is 13.8 Å². The van der Waals surface area contributed by atoms with Crippen molar-refractivity contribution in [2.24, 2.45) is 0 Å². The smallest absolute Gasteiger partial charge is 0.180 e. The molecule has 1 unspecified atom stereocenters. The number of hydrogen-bond acceptors (Lipinski definition) is 3. The van der Waals surface area contributed by atoms with Crippen LogP contribution in [0.25, 0.3) is 5.65 Å². The van der Waals surface area contributed by atoms with Gasteiger partial charge in [0.25, 0.3) is 0 Å². The maximum absolute atomic E-state index is 5.97. The molecule has 0 radical (unpaired) electrons. The van der Waals surface area contributed by atoms with Crippen LogP contribution in [-0.2, 0) is 0 Å². The van der Waals surface area contributed by atoms with Gasteiger partial charge in [-0.1, -0.05) is 6.42 Å². The molecule has 1 atom stereocenters. The number of rotatable bonds is 4. The van der Waals surface area contributed by atoms with Crippen molar-refractivity contribution in [2.75, 3.05) is 13.2 Å². The summed E-state index contributed by atoms with van der Waals surface area (Å²) in [6, 6.07) is 4.65. The largest absolute Gasteiger partial charge is 0.490 e. The molecule has 1 saturated heterocycles. The minimum atomic E-state index is 0.617. The first-order valence-electron chi connectivity index (χ1n) is 7.56. The molecule has 4 heteroatoms. The zero-order chi connectivity index (χ0) is 13.9. The molecule has 0 aliphatic carbocycles. The molecule has 0 bridgehead atoms. The van der Waals surface area contributed by atoms with Gasteiger partial charge in [-0.3, -0.25) is 0 Å². The van der Waals surface area contributed by atoms with Gasteiger partial charge in [0.05, 0.1) is 12.3 Å². The number of hydrogen-bond donors (Lipinski definition) is 1. The Labute approximate surface area is 120 Å². The Morgan fingerprint density at radius 3 is 3.10 bits per heavy atom. The van der Waals surface area contributed by atoms with Gasteiger partial charge in [0, 0.05) is 17.9 Å². The number of nitrogens with one attached hydrogen (secondary N) is 1. The Bertz CT molecular complexity index is 585. The highest BCUT2D eigenvalue weighted by atomic mass is 16.5. The summed E-state index contributed by atoms with van der Waals surface area (Å²) in [6.07, 6.45) is 7.03. The third-order valence-corrected chi connectivity index (χ3v) is 4.23. The van der Waals surface area contributed by atoms with Crippen molar-refractivity contribution < 1.29 is 4.74 Å². The van der Waals surface area contributed by atoms with Crippen LogP contribution < -0.4 is 10.1 Å². The van der Waals surface area contributed by atoms with Crippen molar-refractivity contribution >= 4 is 5.65 Å². The van der Waals surface area contributed by atoms with Crippen molar-refractivity contribution in [3.05, 3.63) is 29.7 Å². The predicted octanol–water partition coefficient (Wildman–Crippen LogP) is 2.86. The average Bonchev–Trinajstić information content (AvgIpc) is 2.77. The maximum Gasteiger partial charge on any atom is 0.180 e. The molecule has 108 valence electrons. The van der Waals surface area contributed by atoms with Crippen LogP contribution in [0.4, 0.5) is 0 Å². The highest BCUT2D eigenvalue weighted by Gasteiger charge is 2.13. The van der Waals surface area contributed by atoms with Gasteiger partial charge in [0.15, 0.2) is 11.4 Å². The zero-order valence-electron chi connectivity index (χ0n) is 12.4. The van der Waals surface area contributed by atoms with E-state index >= 15 is 0 Å². The number of imidazole rings is 1. The normalized spacial score (nSPS) is 19.4. The third kappa shape index (κ3) is 2.66. The average molecular weight is 273 g/mol. The van der Waals surface area contributed by atoms with E-state index in [0.29, 0.717) is 6.04 Å². The van der Waals surface area contributed by atoms with Crippen molar-refractivity contribution in [3.8, 4) is 5.75 Å². The standard InChI is InChI=1S/C16H23N3O/c1-12-13(2)19-10-5-7-15(16(19)18-12)20-11-8-14-6-3-4-9-17-14/h5,7,10,14,17H,3-4,6,8-9,11H2,1-2H3. The van der Waals surface area contributed by atoms with Crippen LogP contribution >= 0.6 is 0 Å². The first-order valence-corrected chi connectivity index (χ1v) is 7.56. The lowest BCUT2D eigenvalue weighted by atomic mass is 10.0. The SMILES string of the molecule is Cc1nc2c(OCCC3CCCCN3)cccn2c1C. The minimum absolute atomic E-state index is 0.617. The molecule has 3 rings (SSSR count). The lowest BCUT2D eigenvalue weighted by Crippen LogP contribution is -2.35. The number of aryl methyl sites for hydroxylation is 2. The number of aromatic nitrogens is 2. The second kappa shape index (κ2) is 5.83. The van der Waals surface area contributed by atoms with E-state index in [1.807, 2.05) is 25.3 Å². The summed E-state index contributed by atoms with van der Waals surface area (Å²) in [4.78, 5) is 4.60. The third-order valence-electron chi connectivity index (χ3n) is 4.23. The number of nitrogens with zero attached hydrogens (tertiary/aromatic N) is 2. The monoisotopic (exact) mass is 273 g/mol. The molecule has 0 spiro atoms. The molecular weight excluding hydrogens is 250 g/mol. The Balaban J connectivity index is 1.66. The molecule has 1 fully saturated rings. The summed E-state index contributed by atoms with van der Waals surface area (Å²) >= 11 is 0. The molecular formula is C16H23N3O. The second-order valence-corrected chi connectivity index (χ2v) is 5.63. The fourth-order valence-corrected chi connectivity index (χ4v) is 2.87. The maximum atomic E-state index is 5.97. The summed E-state index contributed by atoms with van der Waals surface area (Å²) in [5.74, 6) is 0.888. The molecule has 20 heavy (non-hydrogen) atoms. The van der Waals surface area contributed by atoms with Gasteiger partial charge in [-0.15, -0.1) is 0 Å². The Morgan fingerprint density at radius 2 is 2.30 bits per heavy atom. The lowest BCUT2D eigenvalue weighted by Gasteiger charge is -2.23. The van der Waals surface area contributed by atoms with E-state index in [0.717, 1.165) is 36.7 Å². The van der Waals surface area contributed by atoms with Crippen LogP contribution in [0.3, 0.4) is 0 Å². The molecule has 0 saturated carbocycles. The van der Waals surface area contributed by atoms with Gasteiger partial charge in [0.2, 0.25) is 0 Å². The van der Waals surface area contributed by atoms with Crippen LogP contribution in [0.15, 0.2) is 18.3 Å². The van der Waals surface area contributed by atoms with Crippen molar-refractivity contribution in [1.82, 2.24) is 14.7 Å². The molecule has 2 aromatic heterocycles. The van der Waals surface area contributed by atoms with Gasteiger partial charge in [-0.05, 0) is 51.8 Å². The zero-order valence-corrected chi connectivity index (χ0v) is 12.4. The van der Waals surface area contributed by atoms with Crippen molar-refractivity contribution in [3.63, 3.8) is 0 Å². The topological polar surface area (TPSA) is 38.6 Å². The van der Waals surface area contributed by atoms with Crippen LogP contribution in [0.5, 0.6) is 5.75 Å².